The Morgan fingerprint density at radius 2 is 1.84 bits per heavy atom. The Balaban J connectivity index is 1.51. The van der Waals surface area contributed by atoms with Crippen LogP contribution < -0.4 is 5.56 Å². The smallest absolute Gasteiger partial charge is 0.257 e. The molecule has 4 aromatic rings. The second kappa shape index (κ2) is 7.25. The van der Waals surface area contributed by atoms with E-state index in [1.165, 1.54) is 4.90 Å². The van der Waals surface area contributed by atoms with Gasteiger partial charge in [-0.2, -0.15) is 0 Å². The molecule has 1 N–H and O–H groups in total. The highest BCUT2D eigenvalue weighted by atomic mass is 32.2. The molecule has 2 heterocycles. The van der Waals surface area contributed by atoms with Gasteiger partial charge >= 0.3 is 0 Å². The number of benzene rings is 2. The van der Waals surface area contributed by atoms with E-state index < -0.39 is 0 Å². The zero-order chi connectivity index (χ0) is 17.1. The normalized spacial score (nSPS) is 11.0. The first kappa shape index (κ1) is 16.1. The quantitative estimate of drug-likeness (QED) is 0.508. The lowest BCUT2D eigenvalue weighted by Crippen LogP contribution is -2.08. The summed E-state index contributed by atoms with van der Waals surface area (Å²) in [6, 6.07) is 20.1. The first-order chi connectivity index (χ1) is 12.3. The zero-order valence-corrected chi connectivity index (χ0v) is 15.1. The highest BCUT2D eigenvalue weighted by Crippen LogP contribution is 2.24. The lowest BCUT2D eigenvalue weighted by Gasteiger charge is -2.01. The number of hydrogen-bond donors (Lipinski definition) is 1. The van der Waals surface area contributed by atoms with E-state index in [0.717, 1.165) is 33.8 Å². The number of aromatic amines is 1. The number of thiazole rings is 1. The van der Waals surface area contributed by atoms with Crippen LogP contribution >= 0.6 is 23.1 Å². The van der Waals surface area contributed by atoms with Crippen molar-refractivity contribution in [3.05, 3.63) is 81.4 Å². The summed E-state index contributed by atoms with van der Waals surface area (Å²) >= 11 is 3.44. The molecule has 0 spiro atoms. The Hall–Kier alpha value is -2.37. The van der Waals surface area contributed by atoms with Crippen LogP contribution in [-0.4, -0.2) is 15.7 Å². The molecule has 4 rings (SSSR count). The minimum atomic E-state index is -0.0887. The van der Waals surface area contributed by atoms with Gasteiger partial charge in [0.2, 0.25) is 0 Å². The van der Waals surface area contributed by atoms with E-state index in [-0.39, 0.29) is 5.56 Å². The Morgan fingerprint density at radius 3 is 2.72 bits per heavy atom. The molecule has 0 aliphatic heterocycles. The number of nitrogens with one attached hydrogen (secondary N) is 1. The van der Waals surface area contributed by atoms with Gasteiger partial charge in [-0.1, -0.05) is 36.4 Å². The van der Waals surface area contributed by atoms with Crippen molar-refractivity contribution in [2.24, 2.45) is 0 Å². The van der Waals surface area contributed by atoms with E-state index in [1.54, 1.807) is 11.3 Å². The van der Waals surface area contributed by atoms with Crippen LogP contribution in [0.15, 0.2) is 75.7 Å². The molecule has 2 aromatic heterocycles. The maximum absolute atomic E-state index is 12.3. The summed E-state index contributed by atoms with van der Waals surface area (Å²) in [5.74, 6) is 0.977. The third-order valence-electron chi connectivity index (χ3n) is 3.91. The lowest BCUT2D eigenvalue weighted by atomic mass is 10.1. The average Bonchev–Trinajstić information content (AvgIpc) is 3.11. The van der Waals surface area contributed by atoms with E-state index in [4.69, 9.17) is 0 Å². The summed E-state index contributed by atoms with van der Waals surface area (Å²) in [6.07, 6.45) is 0.899. The van der Waals surface area contributed by atoms with Gasteiger partial charge in [0.1, 0.15) is 0 Å². The van der Waals surface area contributed by atoms with Crippen molar-refractivity contribution >= 4 is 34.0 Å². The average molecular weight is 364 g/mol. The van der Waals surface area contributed by atoms with Crippen molar-refractivity contribution in [1.82, 2.24) is 9.97 Å². The molecule has 0 saturated carbocycles. The number of para-hydroxylation sites is 1. The lowest BCUT2D eigenvalue weighted by molar-refractivity contribution is 1.10. The topological polar surface area (TPSA) is 45.8 Å². The van der Waals surface area contributed by atoms with Gasteiger partial charge in [0.25, 0.3) is 5.56 Å². The van der Waals surface area contributed by atoms with Crippen LogP contribution in [0.3, 0.4) is 0 Å². The standard InChI is InChI=1S/C20H16N2OS2/c23-20-16(12-14-6-4-5-9-17(14)22-20)18-13-25-19(21-18)10-11-24-15-7-2-1-3-8-15/h1-9,12-13H,10-11H2,(H,22,23). The van der Waals surface area contributed by atoms with Gasteiger partial charge in [-0.25, -0.2) is 4.98 Å². The van der Waals surface area contributed by atoms with E-state index in [0.29, 0.717) is 5.56 Å². The predicted molar refractivity (Wildman–Crippen MR) is 107 cm³/mol. The molecule has 2 aromatic carbocycles. The van der Waals surface area contributed by atoms with Crippen molar-refractivity contribution < 1.29 is 0 Å². The van der Waals surface area contributed by atoms with Crippen LogP contribution in [-0.2, 0) is 6.42 Å². The van der Waals surface area contributed by atoms with E-state index >= 15 is 0 Å². The van der Waals surface area contributed by atoms with Gasteiger partial charge in [0.05, 0.1) is 16.3 Å². The number of fused-ring (bicyclic) bond motifs is 1. The Bertz CT molecular complexity index is 1050. The summed E-state index contributed by atoms with van der Waals surface area (Å²) in [5, 5.41) is 4.05. The molecule has 5 heteroatoms. The van der Waals surface area contributed by atoms with Crippen LogP contribution in [0.4, 0.5) is 0 Å². The molecule has 0 radical (unpaired) electrons. The second-order valence-electron chi connectivity index (χ2n) is 5.64. The second-order valence-corrected chi connectivity index (χ2v) is 7.75. The van der Waals surface area contributed by atoms with Crippen LogP contribution in [0.2, 0.25) is 0 Å². The van der Waals surface area contributed by atoms with Gasteiger partial charge in [-0.05, 0) is 29.7 Å². The summed E-state index contributed by atoms with van der Waals surface area (Å²) in [4.78, 5) is 21.2. The molecule has 0 aliphatic carbocycles. The van der Waals surface area contributed by atoms with Crippen molar-refractivity contribution in [3.8, 4) is 11.3 Å². The summed E-state index contributed by atoms with van der Waals surface area (Å²) < 4.78 is 0. The number of hydrogen-bond acceptors (Lipinski definition) is 4. The Morgan fingerprint density at radius 1 is 1.04 bits per heavy atom. The van der Waals surface area contributed by atoms with Gasteiger partial charge < -0.3 is 4.98 Å². The molecule has 0 bridgehead atoms. The zero-order valence-electron chi connectivity index (χ0n) is 13.4. The minimum Gasteiger partial charge on any atom is -0.321 e. The van der Waals surface area contributed by atoms with E-state index in [2.05, 4.69) is 34.2 Å². The highest BCUT2D eigenvalue weighted by molar-refractivity contribution is 7.99. The molecule has 0 amide bonds. The first-order valence-corrected chi connectivity index (χ1v) is 9.91. The predicted octanol–water partition coefficient (Wildman–Crippen LogP) is 4.99. The SMILES string of the molecule is O=c1[nH]c2ccccc2cc1-c1csc(CCSc2ccccc2)n1. The van der Waals surface area contributed by atoms with Crippen molar-refractivity contribution in [2.75, 3.05) is 5.75 Å². The number of pyridine rings is 1. The van der Waals surface area contributed by atoms with E-state index in [9.17, 15) is 4.79 Å². The van der Waals surface area contributed by atoms with Crippen LogP contribution in [0.5, 0.6) is 0 Å². The molecule has 124 valence electrons. The number of thioether (sulfide) groups is 1. The van der Waals surface area contributed by atoms with Gasteiger partial charge in [-0.3, -0.25) is 4.79 Å². The fraction of sp³-hybridized carbons (Fsp3) is 0.100. The van der Waals surface area contributed by atoms with Gasteiger partial charge in [0, 0.05) is 28.0 Å². The van der Waals surface area contributed by atoms with Crippen LogP contribution in [0.25, 0.3) is 22.2 Å². The molecule has 0 aliphatic rings. The number of rotatable bonds is 5. The van der Waals surface area contributed by atoms with Gasteiger partial charge in [0.15, 0.2) is 0 Å². The maximum atomic E-state index is 12.3. The van der Waals surface area contributed by atoms with Crippen molar-refractivity contribution in [2.45, 2.75) is 11.3 Å². The maximum Gasteiger partial charge on any atom is 0.257 e. The molecule has 0 fully saturated rings. The third kappa shape index (κ3) is 3.67. The third-order valence-corrected chi connectivity index (χ3v) is 5.83. The fourth-order valence-electron chi connectivity index (χ4n) is 2.66. The molecule has 0 unspecified atom stereocenters. The molecular weight excluding hydrogens is 348 g/mol. The number of nitrogens with zero attached hydrogens (tertiary/aromatic N) is 1. The van der Waals surface area contributed by atoms with Crippen LogP contribution in [0.1, 0.15) is 5.01 Å². The van der Waals surface area contributed by atoms with E-state index in [1.807, 2.05) is 53.5 Å². The van der Waals surface area contributed by atoms with Crippen molar-refractivity contribution in [1.29, 1.82) is 0 Å². The molecule has 0 atom stereocenters. The summed E-state index contributed by atoms with van der Waals surface area (Å²) in [6.45, 7) is 0. The Kier molecular flexibility index (Phi) is 4.68. The fourth-order valence-corrected chi connectivity index (χ4v) is 4.47. The van der Waals surface area contributed by atoms with Crippen LogP contribution in [0, 0.1) is 0 Å². The molecular formula is C20H16N2OS2. The molecule has 25 heavy (non-hydrogen) atoms. The Labute approximate surface area is 153 Å². The molecule has 3 nitrogen and oxygen atoms in total. The highest BCUT2D eigenvalue weighted by Gasteiger charge is 2.10. The summed E-state index contributed by atoms with van der Waals surface area (Å²) in [5.41, 5.74) is 2.16. The number of H-pyrrole nitrogens is 1. The number of aryl methyl sites for hydroxylation is 1. The van der Waals surface area contributed by atoms with Crippen molar-refractivity contribution in [3.63, 3.8) is 0 Å². The molecule has 0 saturated heterocycles. The number of aromatic nitrogens is 2. The largest absolute Gasteiger partial charge is 0.321 e. The minimum absolute atomic E-state index is 0.0887. The summed E-state index contributed by atoms with van der Waals surface area (Å²) in [7, 11) is 0. The first-order valence-electron chi connectivity index (χ1n) is 8.04. The van der Waals surface area contributed by atoms with Gasteiger partial charge in [-0.15, -0.1) is 23.1 Å². The monoisotopic (exact) mass is 364 g/mol.